The fraction of sp³-hybridized carbons (Fsp3) is 0.560. The number of fused-ring (bicyclic) bond motifs is 1. The predicted molar refractivity (Wildman–Crippen MR) is 127 cm³/mol. The number of rotatable bonds is 8. The molecule has 186 valence electrons. The summed E-state index contributed by atoms with van der Waals surface area (Å²) < 4.78 is 13.5. The molecule has 0 amide bonds. The molecule has 35 heavy (non-hydrogen) atoms. The molecule has 10 heteroatoms. The van der Waals surface area contributed by atoms with Crippen molar-refractivity contribution in [2.24, 2.45) is 0 Å². The van der Waals surface area contributed by atoms with Gasteiger partial charge in [-0.05, 0) is 49.1 Å². The van der Waals surface area contributed by atoms with Gasteiger partial charge in [0, 0.05) is 0 Å². The van der Waals surface area contributed by atoms with Crippen LogP contribution in [0.3, 0.4) is 0 Å². The molecule has 3 aliphatic rings. The van der Waals surface area contributed by atoms with Crippen LogP contribution in [0, 0.1) is 0 Å². The third kappa shape index (κ3) is 4.41. The van der Waals surface area contributed by atoms with Crippen molar-refractivity contribution in [2.45, 2.75) is 81.3 Å². The summed E-state index contributed by atoms with van der Waals surface area (Å²) in [4.78, 5) is 13.2. The predicted octanol–water partition coefficient (Wildman–Crippen LogP) is 1.86. The van der Waals surface area contributed by atoms with Gasteiger partial charge in [0.2, 0.25) is 0 Å². The molecule has 3 heterocycles. The van der Waals surface area contributed by atoms with Crippen LogP contribution < -0.4 is 5.32 Å². The number of nitrogens with zero attached hydrogens (tertiary/aromatic N) is 4. The van der Waals surface area contributed by atoms with Gasteiger partial charge in [-0.15, -0.1) is 0 Å². The maximum Gasteiger partial charge on any atom is 0.167 e. The smallest absolute Gasteiger partial charge is 0.167 e. The Balaban J connectivity index is 1.15. The maximum absolute atomic E-state index is 10.4. The number of ether oxygens (including phenoxy) is 2. The minimum Gasteiger partial charge on any atom is -0.394 e. The lowest BCUT2D eigenvalue weighted by atomic mass is 10.1. The second-order valence-electron chi connectivity index (χ2n) is 9.82. The zero-order valence-corrected chi connectivity index (χ0v) is 19.4. The van der Waals surface area contributed by atoms with E-state index in [4.69, 9.17) is 9.47 Å². The van der Waals surface area contributed by atoms with Crippen LogP contribution in [-0.2, 0) is 16.1 Å². The summed E-state index contributed by atoms with van der Waals surface area (Å²) in [6, 6.07) is 8.88. The second-order valence-corrected chi connectivity index (χ2v) is 9.82. The molecule has 2 saturated carbocycles. The molecule has 2 aliphatic carbocycles. The lowest BCUT2D eigenvalue weighted by Crippen LogP contribution is -2.33. The first-order chi connectivity index (χ1) is 17.1. The van der Waals surface area contributed by atoms with E-state index < -0.39 is 31.1 Å². The highest BCUT2D eigenvalue weighted by Gasteiger charge is 2.44. The number of aliphatic hydroxyl groups excluding tert-OH is 3. The van der Waals surface area contributed by atoms with E-state index in [1.165, 1.54) is 36.6 Å². The summed E-state index contributed by atoms with van der Waals surface area (Å²) in [6.07, 6.45) is 4.46. The molecule has 6 atom stereocenters. The van der Waals surface area contributed by atoms with Crippen LogP contribution >= 0.6 is 0 Å². The van der Waals surface area contributed by atoms with Gasteiger partial charge in [-0.1, -0.05) is 24.3 Å². The molecule has 2 aromatic heterocycles. The van der Waals surface area contributed by atoms with Gasteiger partial charge in [0.15, 0.2) is 23.2 Å². The number of anilines is 1. The Hall–Kier alpha value is -2.63. The first kappa shape index (κ1) is 22.8. The topological polar surface area (TPSA) is 135 Å². The van der Waals surface area contributed by atoms with Crippen molar-refractivity contribution in [1.82, 2.24) is 19.5 Å². The summed E-state index contributed by atoms with van der Waals surface area (Å²) in [5.74, 6) is 1.35. The Kier molecular flexibility index (Phi) is 6.15. The molecular weight excluding hydrogens is 450 g/mol. The summed E-state index contributed by atoms with van der Waals surface area (Å²) in [7, 11) is 0. The molecule has 1 saturated heterocycles. The number of imidazole rings is 1. The first-order valence-electron chi connectivity index (χ1n) is 12.4. The molecule has 0 spiro atoms. The summed E-state index contributed by atoms with van der Waals surface area (Å²) in [6.45, 7) is 0.184. The van der Waals surface area contributed by atoms with Crippen LogP contribution in [0.5, 0.6) is 0 Å². The molecule has 1 aliphatic heterocycles. The van der Waals surface area contributed by atoms with Gasteiger partial charge in [-0.25, -0.2) is 15.0 Å². The van der Waals surface area contributed by atoms with Crippen molar-refractivity contribution in [2.75, 3.05) is 11.9 Å². The van der Waals surface area contributed by atoms with Crippen molar-refractivity contribution >= 4 is 17.0 Å². The van der Waals surface area contributed by atoms with Gasteiger partial charge in [0.05, 0.1) is 31.7 Å². The summed E-state index contributed by atoms with van der Waals surface area (Å²) >= 11 is 0. The molecule has 6 rings (SSSR count). The Morgan fingerprint density at radius 1 is 1.03 bits per heavy atom. The van der Waals surface area contributed by atoms with E-state index in [-0.39, 0.29) is 12.1 Å². The van der Waals surface area contributed by atoms with Crippen LogP contribution in [0.15, 0.2) is 36.9 Å². The van der Waals surface area contributed by atoms with Crippen LogP contribution in [-0.4, -0.2) is 71.9 Å². The SMILES string of the molecule is OCC1OC(n2cnc3c(NC4CCC[C@H]4OCc4ccc(C5CC5)cc4)ncnc32)[C@H](O)[C@@H]1O. The quantitative estimate of drug-likeness (QED) is 0.380. The van der Waals surface area contributed by atoms with Crippen LogP contribution in [0.2, 0.25) is 0 Å². The van der Waals surface area contributed by atoms with Crippen molar-refractivity contribution in [3.05, 3.63) is 48.0 Å². The van der Waals surface area contributed by atoms with Gasteiger partial charge in [-0.3, -0.25) is 4.57 Å². The average molecular weight is 482 g/mol. The lowest BCUT2D eigenvalue weighted by Gasteiger charge is -2.22. The minimum absolute atomic E-state index is 0.0608. The summed E-state index contributed by atoms with van der Waals surface area (Å²) in [5, 5.41) is 33.4. The third-order valence-electron chi connectivity index (χ3n) is 7.42. The normalized spacial score (nSPS) is 30.8. The van der Waals surface area contributed by atoms with E-state index in [1.807, 2.05) is 0 Å². The molecule has 3 aromatic rings. The van der Waals surface area contributed by atoms with Crippen LogP contribution in [0.25, 0.3) is 11.2 Å². The Morgan fingerprint density at radius 3 is 2.60 bits per heavy atom. The van der Waals surface area contributed by atoms with Crippen LogP contribution in [0.4, 0.5) is 5.82 Å². The van der Waals surface area contributed by atoms with Gasteiger partial charge < -0.3 is 30.1 Å². The second kappa shape index (κ2) is 9.44. The molecule has 3 fully saturated rings. The standard InChI is InChI=1S/C25H31N5O5/c31-10-19-21(32)22(33)25(35-19)30-13-28-20-23(26-12-27-24(20)30)29-17-2-1-3-18(17)34-11-14-4-6-15(7-5-14)16-8-9-16/h4-7,12-13,16-19,21-22,25,31-33H,1-3,8-11H2,(H,26,27,29)/t17?,18-,19?,21-,22-,25?/m1/s1. The van der Waals surface area contributed by atoms with E-state index in [1.54, 1.807) is 4.57 Å². The monoisotopic (exact) mass is 481 g/mol. The van der Waals surface area contributed by atoms with Gasteiger partial charge >= 0.3 is 0 Å². The third-order valence-corrected chi connectivity index (χ3v) is 7.42. The Morgan fingerprint density at radius 2 is 1.86 bits per heavy atom. The fourth-order valence-electron chi connectivity index (χ4n) is 5.23. The van der Waals surface area contributed by atoms with Crippen molar-refractivity contribution in [3.8, 4) is 0 Å². The lowest BCUT2D eigenvalue weighted by molar-refractivity contribution is -0.0511. The number of aromatic nitrogens is 4. The highest BCUT2D eigenvalue weighted by Crippen LogP contribution is 2.40. The van der Waals surface area contributed by atoms with E-state index in [2.05, 4.69) is 44.5 Å². The number of aliphatic hydroxyl groups is 3. The number of hydrogen-bond acceptors (Lipinski definition) is 9. The minimum atomic E-state index is -1.21. The molecule has 1 aromatic carbocycles. The maximum atomic E-state index is 10.4. The molecule has 0 bridgehead atoms. The van der Waals surface area contributed by atoms with Crippen molar-refractivity contribution in [3.63, 3.8) is 0 Å². The zero-order valence-electron chi connectivity index (χ0n) is 19.4. The van der Waals surface area contributed by atoms with Crippen LogP contribution in [0.1, 0.15) is 55.4 Å². The van der Waals surface area contributed by atoms with E-state index in [0.717, 1.165) is 25.2 Å². The van der Waals surface area contributed by atoms with Gasteiger partial charge in [-0.2, -0.15) is 0 Å². The Labute approximate surface area is 202 Å². The largest absolute Gasteiger partial charge is 0.394 e. The zero-order chi connectivity index (χ0) is 23.9. The molecule has 3 unspecified atom stereocenters. The van der Waals surface area contributed by atoms with Crippen molar-refractivity contribution in [1.29, 1.82) is 0 Å². The molecular formula is C25H31N5O5. The van der Waals surface area contributed by atoms with Gasteiger partial charge in [0.1, 0.15) is 24.6 Å². The Bertz CT molecular complexity index is 1170. The first-order valence-corrected chi connectivity index (χ1v) is 12.4. The van der Waals surface area contributed by atoms with E-state index in [0.29, 0.717) is 23.6 Å². The van der Waals surface area contributed by atoms with E-state index in [9.17, 15) is 15.3 Å². The van der Waals surface area contributed by atoms with Gasteiger partial charge in [0.25, 0.3) is 0 Å². The molecule has 0 radical (unpaired) electrons. The average Bonchev–Trinajstić information content (AvgIpc) is 3.39. The van der Waals surface area contributed by atoms with E-state index >= 15 is 0 Å². The summed E-state index contributed by atoms with van der Waals surface area (Å²) in [5.41, 5.74) is 3.63. The fourth-order valence-corrected chi connectivity index (χ4v) is 5.23. The number of benzene rings is 1. The number of nitrogens with one attached hydrogen (secondary N) is 1. The highest BCUT2D eigenvalue weighted by atomic mass is 16.6. The molecule has 10 nitrogen and oxygen atoms in total. The highest BCUT2D eigenvalue weighted by molar-refractivity contribution is 5.82. The molecule has 4 N–H and O–H groups in total. The van der Waals surface area contributed by atoms with Crippen molar-refractivity contribution < 1.29 is 24.8 Å². The number of hydrogen-bond donors (Lipinski definition) is 4.